The van der Waals surface area contributed by atoms with Crippen LogP contribution in [0.25, 0.3) is 0 Å². The summed E-state index contributed by atoms with van der Waals surface area (Å²) in [6.07, 6.45) is 0.952. The molecule has 0 unspecified atom stereocenters. The average Bonchev–Trinajstić information content (AvgIpc) is 2.42. The molecule has 0 aliphatic carbocycles. The molecule has 1 amide bonds. The first-order chi connectivity index (χ1) is 9.95. The van der Waals surface area contributed by atoms with E-state index in [9.17, 15) is 4.79 Å². The normalized spacial score (nSPS) is 10.5. The van der Waals surface area contributed by atoms with Crippen LogP contribution in [-0.4, -0.2) is 5.91 Å². The molecule has 0 aromatic heterocycles. The molecule has 2 aromatic rings. The molecule has 0 aliphatic heterocycles. The van der Waals surface area contributed by atoms with Crippen molar-refractivity contribution in [1.82, 2.24) is 0 Å². The Kier molecular flexibility index (Phi) is 5.68. The third kappa shape index (κ3) is 4.73. The molecular weight excluding hydrogens is 373 g/mol. The maximum Gasteiger partial charge on any atom is 0.224 e. The van der Waals surface area contributed by atoms with Crippen molar-refractivity contribution in [2.45, 2.75) is 19.8 Å². The zero-order valence-corrected chi connectivity index (χ0v) is 14.5. The van der Waals surface area contributed by atoms with Crippen LogP contribution < -0.4 is 5.32 Å². The first-order valence-corrected chi connectivity index (χ1v) is 8.00. The summed E-state index contributed by atoms with van der Waals surface area (Å²) >= 11 is 15.4. The molecule has 0 saturated heterocycles. The van der Waals surface area contributed by atoms with Crippen molar-refractivity contribution in [2.75, 3.05) is 5.32 Å². The fourth-order valence-corrected chi connectivity index (χ4v) is 2.67. The fraction of sp³-hybridized carbons (Fsp3) is 0.188. The SMILES string of the molecule is Cc1cc(NC(=O)CCc2ccc(Cl)cc2Cl)ccc1Br. The standard InChI is InChI=1S/C16H14BrCl2NO/c1-10-8-13(5-6-14(10)17)20-16(21)7-3-11-2-4-12(18)9-15(11)19/h2,4-6,8-9H,3,7H2,1H3,(H,20,21). The predicted molar refractivity (Wildman–Crippen MR) is 92.3 cm³/mol. The largest absolute Gasteiger partial charge is 0.326 e. The molecule has 0 bridgehead atoms. The highest BCUT2D eigenvalue weighted by Crippen LogP contribution is 2.23. The lowest BCUT2D eigenvalue weighted by molar-refractivity contribution is -0.116. The highest BCUT2D eigenvalue weighted by atomic mass is 79.9. The van der Waals surface area contributed by atoms with Crippen LogP contribution in [-0.2, 0) is 11.2 Å². The van der Waals surface area contributed by atoms with Gasteiger partial charge in [-0.2, -0.15) is 0 Å². The Labute approximate surface area is 142 Å². The van der Waals surface area contributed by atoms with Crippen LogP contribution in [0.3, 0.4) is 0 Å². The highest BCUT2D eigenvalue weighted by Gasteiger charge is 2.07. The molecule has 0 fully saturated rings. The third-order valence-corrected chi connectivity index (χ3v) is 4.55. The summed E-state index contributed by atoms with van der Waals surface area (Å²) in [5, 5.41) is 4.07. The number of rotatable bonds is 4. The van der Waals surface area contributed by atoms with E-state index in [2.05, 4.69) is 21.2 Å². The van der Waals surface area contributed by atoms with Gasteiger partial charge in [0.2, 0.25) is 5.91 Å². The number of amides is 1. The van der Waals surface area contributed by atoms with Crippen LogP contribution in [0.2, 0.25) is 10.0 Å². The maximum absolute atomic E-state index is 12.0. The number of hydrogen-bond acceptors (Lipinski definition) is 1. The lowest BCUT2D eigenvalue weighted by Gasteiger charge is -2.08. The van der Waals surface area contributed by atoms with Gasteiger partial charge in [0.1, 0.15) is 0 Å². The average molecular weight is 387 g/mol. The van der Waals surface area contributed by atoms with Gasteiger partial charge in [-0.25, -0.2) is 0 Å². The molecule has 5 heteroatoms. The van der Waals surface area contributed by atoms with Crippen molar-refractivity contribution < 1.29 is 4.79 Å². The van der Waals surface area contributed by atoms with Gasteiger partial charge < -0.3 is 5.32 Å². The van der Waals surface area contributed by atoms with E-state index in [0.717, 1.165) is 21.3 Å². The van der Waals surface area contributed by atoms with Gasteiger partial charge in [-0.3, -0.25) is 4.79 Å². The Hall–Kier alpha value is -1.03. The van der Waals surface area contributed by atoms with Crippen LogP contribution in [0.15, 0.2) is 40.9 Å². The molecule has 21 heavy (non-hydrogen) atoms. The van der Waals surface area contributed by atoms with Crippen LogP contribution >= 0.6 is 39.1 Å². The van der Waals surface area contributed by atoms with E-state index >= 15 is 0 Å². The number of aryl methyl sites for hydroxylation is 2. The molecule has 2 aromatic carbocycles. The molecule has 0 saturated carbocycles. The lowest BCUT2D eigenvalue weighted by Crippen LogP contribution is -2.12. The van der Waals surface area contributed by atoms with Crippen molar-refractivity contribution in [2.24, 2.45) is 0 Å². The third-order valence-electron chi connectivity index (χ3n) is 3.08. The van der Waals surface area contributed by atoms with Gasteiger partial charge in [-0.1, -0.05) is 45.2 Å². The second-order valence-electron chi connectivity index (χ2n) is 4.75. The Morgan fingerprint density at radius 1 is 1.19 bits per heavy atom. The van der Waals surface area contributed by atoms with E-state index in [1.807, 2.05) is 31.2 Å². The number of halogens is 3. The van der Waals surface area contributed by atoms with Crippen molar-refractivity contribution in [3.63, 3.8) is 0 Å². The quantitative estimate of drug-likeness (QED) is 0.724. The van der Waals surface area contributed by atoms with Crippen LogP contribution in [0.1, 0.15) is 17.5 Å². The van der Waals surface area contributed by atoms with Gasteiger partial charge in [0.15, 0.2) is 0 Å². The Bertz CT molecular complexity index is 673. The minimum atomic E-state index is -0.0391. The molecule has 0 radical (unpaired) electrons. The summed E-state index contributed by atoms with van der Waals surface area (Å²) in [4.78, 5) is 12.0. The number of anilines is 1. The molecule has 0 atom stereocenters. The molecule has 2 rings (SSSR count). The van der Waals surface area contributed by atoms with Gasteiger partial charge in [-0.05, 0) is 54.8 Å². The number of carbonyl (C=O) groups excluding carboxylic acids is 1. The number of nitrogens with one attached hydrogen (secondary N) is 1. The van der Waals surface area contributed by atoms with E-state index in [1.165, 1.54) is 0 Å². The van der Waals surface area contributed by atoms with E-state index in [-0.39, 0.29) is 5.91 Å². The summed E-state index contributed by atoms with van der Waals surface area (Å²) in [5.74, 6) is -0.0391. The topological polar surface area (TPSA) is 29.1 Å². The Morgan fingerprint density at radius 3 is 2.62 bits per heavy atom. The summed E-state index contributed by atoms with van der Waals surface area (Å²) in [5.41, 5.74) is 2.79. The first-order valence-electron chi connectivity index (χ1n) is 6.45. The number of hydrogen-bond donors (Lipinski definition) is 1. The minimum absolute atomic E-state index is 0.0391. The smallest absolute Gasteiger partial charge is 0.224 e. The molecule has 110 valence electrons. The van der Waals surface area contributed by atoms with Crippen LogP contribution in [0.4, 0.5) is 5.69 Å². The van der Waals surface area contributed by atoms with Gasteiger partial charge in [-0.15, -0.1) is 0 Å². The van der Waals surface area contributed by atoms with Crippen molar-refractivity contribution in [3.05, 3.63) is 62.0 Å². The summed E-state index contributed by atoms with van der Waals surface area (Å²) in [6.45, 7) is 1.98. The molecule has 0 spiro atoms. The lowest BCUT2D eigenvalue weighted by atomic mass is 10.1. The van der Waals surface area contributed by atoms with E-state index in [1.54, 1.807) is 12.1 Å². The number of benzene rings is 2. The molecule has 0 heterocycles. The summed E-state index contributed by atoms with van der Waals surface area (Å²) < 4.78 is 1.02. The fourth-order valence-electron chi connectivity index (χ4n) is 1.92. The van der Waals surface area contributed by atoms with Gasteiger partial charge in [0, 0.05) is 26.6 Å². The van der Waals surface area contributed by atoms with Crippen molar-refractivity contribution >= 4 is 50.7 Å². The van der Waals surface area contributed by atoms with E-state index in [4.69, 9.17) is 23.2 Å². The highest BCUT2D eigenvalue weighted by molar-refractivity contribution is 9.10. The summed E-state index contributed by atoms with van der Waals surface area (Å²) in [7, 11) is 0. The Morgan fingerprint density at radius 2 is 1.95 bits per heavy atom. The number of carbonyl (C=O) groups is 1. The Balaban J connectivity index is 1.94. The van der Waals surface area contributed by atoms with E-state index < -0.39 is 0 Å². The molecule has 0 aliphatic rings. The van der Waals surface area contributed by atoms with Crippen LogP contribution in [0, 0.1) is 6.92 Å². The zero-order chi connectivity index (χ0) is 15.4. The van der Waals surface area contributed by atoms with Gasteiger partial charge >= 0.3 is 0 Å². The predicted octanol–water partition coefficient (Wildman–Crippen LogP) is 5.64. The first kappa shape index (κ1) is 16.3. The second kappa shape index (κ2) is 7.30. The van der Waals surface area contributed by atoms with Gasteiger partial charge in [0.05, 0.1) is 0 Å². The van der Waals surface area contributed by atoms with Gasteiger partial charge in [0.25, 0.3) is 0 Å². The molecule has 2 nitrogen and oxygen atoms in total. The second-order valence-corrected chi connectivity index (χ2v) is 6.45. The zero-order valence-electron chi connectivity index (χ0n) is 11.4. The van der Waals surface area contributed by atoms with Crippen LogP contribution in [0.5, 0.6) is 0 Å². The monoisotopic (exact) mass is 385 g/mol. The van der Waals surface area contributed by atoms with Crippen molar-refractivity contribution in [1.29, 1.82) is 0 Å². The molecule has 1 N–H and O–H groups in total. The van der Waals surface area contributed by atoms with E-state index in [0.29, 0.717) is 22.9 Å². The molecular formula is C16H14BrCl2NO. The van der Waals surface area contributed by atoms with Crippen molar-refractivity contribution in [3.8, 4) is 0 Å². The minimum Gasteiger partial charge on any atom is -0.326 e. The maximum atomic E-state index is 12.0. The summed E-state index contributed by atoms with van der Waals surface area (Å²) in [6, 6.07) is 11.0.